The molecule has 0 aliphatic heterocycles. The van der Waals surface area contributed by atoms with E-state index in [4.69, 9.17) is 9.15 Å². The predicted molar refractivity (Wildman–Crippen MR) is 62.6 cm³/mol. The number of rotatable bonds is 2. The summed E-state index contributed by atoms with van der Waals surface area (Å²) >= 11 is 0. The topological polar surface area (TPSA) is 48.2 Å². The van der Waals surface area contributed by atoms with Gasteiger partial charge in [0.2, 0.25) is 0 Å². The van der Waals surface area contributed by atoms with Gasteiger partial charge in [0.1, 0.15) is 0 Å². The molecule has 0 bridgehead atoms. The van der Waals surface area contributed by atoms with Crippen molar-refractivity contribution in [2.45, 2.75) is 0 Å². The van der Waals surface area contributed by atoms with Crippen LogP contribution in [-0.4, -0.2) is 17.1 Å². The van der Waals surface area contributed by atoms with E-state index >= 15 is 0 Å². The first-order chi connectivity index (χ1) is 8.40. The number of benzene rings is 1. The fourth-order valence-corrected chi connectivity index (χ4v) is 1.78. The summed E-state index contributed by atoms with van der Waals surface area (Å²) in [5.74, 6) is 1.08. The van der Waals surface area contributed by atoms with Crippen molar-refractivity contribution < 1.29 is 9.15 Å². The predicted octanol–water partition coefficient (Wildman–Crippen LogP) is 2.70. The van der Waals surface area contributed by atoms with Crippen molar-refractivity contribution in [1.82, 2.24) is 9.97 Å². The highest BCUT2D eigenvalue weighted by Crippen LogP contribution is 2.34. The molecule has 3 rings (SSSR count). The van der Waals surface area contributed by atoms with Crippen LogP contribution in [0.2, 0.25) is 0 Å². The molecule has 0 atom stereocenters. The van der Waals surface area contributed by atoms with Crippen LogP contribution in [0.4, 0.5) is 0 Å². The van der Waals surface area contributed by atoms with Gasteiger partial charge in [0.25, 0.3) is 5.95 Å². The van der Waals surface area contributed by atoms with Crippen molar-refractivity contribution in [2.75, 3.05) is 7.11 Å². The number of aromatic nitrogens is 2. The molecule has 0 fully saturated rings. The number of hydrogen-bond acceptors (Lipinski definition) is 4. The summed E-state index contributed by atoms with van der Waals surface area (Å²) in [5, 5.41) is 1.70. The van der Waals surface area contributed by atoms with Gasteiger partial charge in [-0.2, -0.15) is 0 Å². The Hall–Kier alpha value is -2.36. The average molecular weight is 225 g/mol. The molecule has 0 aliphatic rings. The number of nitrogens with zero attached hydrogens (tertiary/aromatic N) is 2. The summed E-state index contributed by atoms with van der Waals surface area (Å²) in [6.07, 6.45) is 6.21. The summed E-state index contributed by atoms with van der Waals surface area (Å²) in [7, 11) is 1.56. The summed E-state index contributed by atoms with van der Waals surface area (Å²) in [5.41, 5.74) is 0.880. The lowest BCUT2D eigenvalue weighted by molar-refractivity contribution is 0.307. The largest absolute Gasteiger partial charge is 0.468 e. The van der Waals surface area contributed by atoms with Crippen molar-refractivity contribution in [3.05, 3.63) is 42.9 Å². The highest BCUT2D eigenvalue weighted by atomic mass is 16.6. The highest BCUT2D eigenvalue weighted by molar-refractivity contribution is 5.98. The van der Waals surface area contributed by atoms with Gasteiger partial charge in [-0.15, -0.1) is 0 Å². The molecule has 4 nitrogen and oxygen atoms in total. The lowest BCUT2D eigenvalue weighted by atomic mass is 10.1. The maximum atomic E-state index is 5.22. The Balaban J connectivity index is 2.33. The standard InChI is InChI=1S/C13H9N2O2/c1-16-13-11-9(8-17-13)4-2-5-10(11)12-14-6-3-7-15-12/h2-7H,1H3. The summed E-state index contributed by atoms with van der Waals surface area (Å²) < 4.78 is 10.4. The zero-order valence-corrected chi connectivity index (χ0v) is 9.18. The van der Waals surface area contributed by atoms with Crippen molar-refractivity contribution in [3.63, 3.8) is 0 Å². The Morgan fingerprint density at radius 3 is 2.76 bits per heavy atom. The summed E-state index contributed by atoms with van der Waals surface area (Å²) in [6.45, 7) is 0. The van der Waals surface area contributed by atoms with E-state index in [1.54, 1.807) is 25.6 Å². The third kappa shape index (κ3) is 1.54. The van der Waals surface area contributed by atoms with Gasteiger partial charge in [0.05, 0.1) is 12.5 Å². The van der Waals surface area contributed by atoms with Crippen LogP contribution in [0.3, 0.4) is 0 Å². The molecular weight excluding hydrogens is 216 g/mol. The Labute approximate surface area is 97.9 Å². The minimum atomic E-state index is 0.433. The molecule has 0 N–H and O–H groups in total. The molecule has 1 radical (unpaired) electrons. The second-order valence-corrected chi connectivity index (χ2v) is 3.50. The molecule has 0 saturated heterocycles. The van der Waals surface area contributed by atoms with Gasteiger partial charge < -0.3 is 9.15 Å². The molecule has 2 aromatic heterocycles. The van der Waals surface area contributed by atoms with E-state index in [0.29, 0.717) is 11.8 Å². The Kier molecular flexibility index (Phi) is 2.26. The van der Waals surface area contributed by atoms with Crippen molar-refractivity contribution in [1.29, 1.82) is 0 Å². The third-order valence-electron chi connectivity index (χ3n) is 2.51. The van der Waals surface area contributed by atoms with Crippen LogP contribution in [0.1, 0.15) is 0 Å². The van der Waals surface area contributed by atoms with Gasteiger partial charge in [-0.3, -0.25) is 0 Å². The van der Waals surface area contributed by atoms with Crippen molar-refractivity contribution in [2.24, 2.45) is 0 Å². The minimum absolute atomic E-state index is 0.433. The van der Waals surface area contributed by atoms with E-state index in [0.717, 1.165) is 16.3 Å². The van der Waals surface area contributed by atoms with Crippen LogP contribution in [0.5, 0.6) is 5.95 Å². The summed E-state index contributed by atoms with van der Waals surface area (Å²) in [4.78, 5) is 8.46. The molecule has 0 aliphatic carbocycles. The number of fused-ring (bicyclic) bond motifs is 1. The van der Waals surface area contributed by atoms with Crippen molar-refractivity contribution in [3.8, 4) is 17.3 Å². The fraction of sp³-hybridized carbons (Fsp3) is 0.0769. The van der Waals surface area contributed by atoms with Crippen LogP contribution in [0.15, 0.2) is 41.1 Å². The molecule has 0 amide bonds. The number of methoxy groups -OCH3 is 1. The van der Waals surface area contributed by atoms with Crippen LogP contribution >= 0.6 is 0 Å². The first-order valence-electron chi connectivity index (χ1n) is 5.14. The zero-order valence-electron chi connectivity index (χ0n) is 9.18. The maximum Gasteiger partial charge on any atom is 0.293 e. The quantitative estimate of drug-likeness (QED) is 0.672. The average Bonchev–Trinajstić information content (AvgIpc) is 2.82. The molecule has 0 unspecified atom stereocenters. The molecule has 1 aromatic carbocycles. The Morgan fingerprint density at radius 2 is 2.00 bits per heavy atom. The van der Waals surface area contributed by atoms with Gasteiger partial charge >= 0.3 is 0 Å². The number of ether oxygens (including phenoxy) is 1. The van der Waals surface area contributed by atoms with Crippen LogP contribution in [0.25, 0.3) is 22.2 Å². The van der Waals surface area contributed by atoms with Crippen LogP contribution < -0.4 is 4.74 Å². The second-order valence-electron chi connectivity index (χ2n) is 3.50. The molecule has 0 spiro atoms. The molecular formula is C13H9N2O2. The van der Waals surface area contributed by atoms with E-state index in [-0.39, 0.29) is 0 Å². The summed E-state index contributed by atoms with van der Waals surface area (Å²) in [6, 6.07) is 7.54. The molecule has 4 heteroatoms. The normalized spacial score (nSPS) is 10.6. The monoisotopic (exact) mass is 225 g/mol. The van der Waals surface area contributed by atoms with Gasteiger partial charge in [0.15, 0.2) is 12.1 Å². The molecule has 0 saturated carbocycles. The smallest absolute Gasteiger partial charge is 0.293 e. The van der Waals surface area contributed by atoms with Gasteiger partial charge in [-0.1, -0.05) is 18.2 Å². The molecule has 3 aromatic rings. The van der Waals surface area contributed by atoms with Crippen LogP contribution in [-0.2, 0) is 0 Å². The fourth-order valence-electron chi connectivity index (χ4n) is 1.78. The zero-order chi connectivity index (χ0) is 11.7. The maximum absolute atomic E-state index is 5.22. The van der Waals surface area contributed by atoms with Crippen molar-refractivity contribution >= 4 is 10.8 Å². The molecule has 83 valence electrons. The minimum Gasteiger partial charge on any atom is -0.468 e. The van der Waals surface area contributed by atoms with E-state index in [9.17, 15) is 0 Å². The second kappa shape index (κ2) is 3.90. The van der Waals surface area contributed by atoms with Gasteiger partial charge in [0, 0.05) is 23.3 Å². The van der Waals surface area contributed by atoms with Gasteiger partial charge in [-0.25, -0.2) is 9.97 Å². The van der Waals surface area contributed by atoms with E-state index in [1.807, 2.05) is 18.2 Å². The first-order valence-corrected chi connectivity index (χ1v) is 5.14. The lowest BCUT2D eigenvalue weighted by Crippen LogP contribution is -1.88. The molecule has 2 heterocycles. The van der Waals surface area contributed by atoms with Gasteiger partial charge in [-0.05, 0) is 6.07 Å². The third-order valence-corrected chi connectivity index (χ3v) is 2.51. The Morgan fingerprint density at radius 1 is 1.18 bits per heavy atom. The van der Waals surface area contributed by atoms with E-state index in [2.05, 4.69) is 16.2 Å². The Bertz CT molecular complexity index is 647. The van der Waals surface area contributed by atoms with Crippen LogP contribution in [0, 0.1) is 6.26 Å². The molecule has 17 heavy (non-hydrogen) atoms. The lowest BCUT2D eigenvalue weighted by Gasteiger charge is -2.02. The SMILES string of the molecule is COc1o[c]c2cccc(-c3ncccn3)c12. The number of hydrogen-bond donors (Lipinski definition) is 0. The highest BCUT2D eigenvalue weighted by Gasteiger charge is 2.14. The van der Waals surface area contributed by atoms with E-state index < -0.39 is 0 Å². The first kappa shape index (κ1) is 9.84. The van der Waals surface area contributed by atoms with E-state index in [1.165, 1.54) is 0 Å². The number of furan rings is 1.